The first-order chi connectivity index (χ1) is 13.8. The van der Waals surface area contributed by atoms with Crippen molar-refractivity contribution in [3.63, 3.8) is 0 Å². The van der Waals surface area contributed by atoms with E-state index in [1.807, 2.05) is 4.90 Å². The van der Waals surface area contributed by atoms with Crippen molar-refractivity contribution in [1.82, 2.24) is 19.8 Å². The van der Waals surface area contributed by atoms with Gasteiger partial charge in [-0.2, -0.15) is 0 Å². The third-order valence-corrected chi connectivity index (χ3v) is 4.83. The summed E-state index contributed by atoms with van der Waals surface area (Å²) in [6, 6.07) is 0.620. The molecular weight excluding hydrogens is 376 g/mol. The summed E-state index contributed by atoms with van der Waals surface area (Å²) >= 11 is 0. The molecule has 0 aromatic carbocycles. The van der Waals surface area contributed by atoms with Crippen molar-refractivity contribution in [3.8, 4) is 0 Å². The van der Waals surface area contributed by atoms with E-state index in [4.69, 9.17) is 10.3 Å². The van der Waals surface area contributed by atoms with Crippen LogP contribution in [0.3, 0.4) is 0 Å². The van der Waals surface area contributed by atoms with Crippen LogP contribution in [-0.2, 0) is 9.53 Å². The minimum Gasteiger partial charge on any atom is -0.444 e. The van der Waals surface area contributed by atoms with Crippen LogP contribution >= 0.6 is 0 Å². The zero-order chi connectivity index (χ0) is 21.0. The summed E-state index contributed by atoms with van der Waals surface area (Å²) in [5.41, 5.74) is 8.08. The lowest BCUT2D eigenvalue weighted by atomic mass is 10.1. The molecule has 2 atom stereocenters. The summed E-state index contributed by atoms with van der Waals surface area (Å²) in [5.74, 6) is 0.486. The molecule has 2 fully saturated rings. The topological polar surface area (TPSA) is 128 Å². The molecule has 0 spiro atoms. The molecule has 0 aliphatic carbocycles. The minimum atomic E-state index is -0.695. The van der Waals surface area contributed by atoms with Gasteiger partial charge in [0.25, 0.3) is 0 Å². The summed E-state index contributed by atoms with van der Waals surface area (Å²) < 4.78 is 5.45. The van der Waals surface area contributed by atoms with Crippen LogP contribution in [0.25, 0.3) is 10.4 Å². The van der Waals surface area contributed by atoms with Crippen molar-refractivity contribution < 1.29 is 14.3 Å². The predicted molar refractivity (Wildman–Crippen MR) is 105 cm³/mol. The van der Waals surface area contributed by atoms with Gasteiger partial charge in [0.2, 0.25) is 11.9 Å². The summed E-state index contributed by atoms with van der Waals surface area (Å²) in [7, 11) is 0. The fourth-order valence-corrected chi connectivity index (χ4v) is 3.52. The molecule has 11 heteroatoms. The number of aromatic nitrogens is 2. The van der Waals surface area contributed by atoms with Gasteiger partial charge < -0.3 is 14.5 Å². The lowest BCUT2D eigenvalue weighted by Gasteiger charge is -2.37. The highest BCUT2D eigenvalue weighted by molar-refractivity contribution is 5.86. The van der Waals surface area contributed by atoms with Gasteiger partial charge in [0.05, 0.1) is 6.04 Å². The minimum absolute atomic E-state index is 0.153. The summed E-state index contributed by atoms with van der Waals surface area (Å²) in [6.07, 6.45) is 3.10. The van der Waals surface area contributed by atoms with E-state index in [1.165, 1.54) is 4.90 Å². The number of carbonyl (C=O) groups excluding carboxylic acids is 2. The van der Waals surface area contributed by atoms with E-state index in [0.717, 1.165) is 0 Å². The molecule has 2 amide bonds. The molecule has 2 aliphatic rings. The van der Waals surface area contributed by atoms with Crippen LogP contribution < -0.4 is 4.90 Å². The molecular formula is C18H26N8O3. The van der Waals surface area contributed by atoms with Gasteiger partial charge in [-0.3, -0.25) is 9.69 Å². The second-order valence-electron chi connectivity index (χ2n) is 8.10. The zero-order valence-corrected chi connectivity index (χ0v) is 16.9. The van der Waals surface area contributed by atoms with Crippen LogP contribution in [0.4, 0.5) is 10.7 Å². The van der Waals surface area contributed by atoms with E-state index in [-0.39, 0.29) is 12.5 Å². The third-order valence-electron chi connectivity index (χ3n) is 4.83. The molecule has 0 radical (unpaired) electrons. The molecule has 0 N–H and O–H groups in total. The number of azide groups is 1. The number of ether oxygens (including phenoxy) is 1. The largest absolute Gasteiger partial charge is 0.444 e. The quantitative estimate of drug-likeness (QED) is 0.431. The predicted octanol–water partition coefficient (Wildman–Crippen LogP) is 1.81. The first-order valence-electron chi connectivity index (χ1n) is 9.63. The number of hydrogen-bond acceptors (Lipinski definition) is 7. The van der Waals surface area contributed by atoms with E-state index in [1.54, 1.807) is 44.1 Å². The lowest BCUT2D eigenvalue weighted by molar-refractivity contribution is -0.136. The first kappa shape index (κ1) is 20.7. The van der Waals surface area contributed by atoms with Crippen LogP contribution in [0.5, 0.6) is 0 Å². The number of nitrogens with zero attached hydrogens (tertiary/aromatic N) is 8. The number of hydrogen-bond donors (Lipinski definition) is 0. The van der Waals surface area contributed by atoms with Crippen LogP contribution in [0, 0.1) is 0 Å². The molecule has 1 aromatic heterocycles. The smallest absolute Gasteiger partial charge is 0.410 e. The standard InChI is InChI=1S/C18H26N8O3/c1-18(2,3)29-17(28)26-12-13(22-23-19)11-14(26)15(27)24-7-9-25(10-8-24)16-20-5-4-6-21-16/h4-6,13-14H,7-12H2,1-3H3/t13-,14-/m0/s1. The Labute approximate surface area is 169 Å². The van der Waals surface area contributed by atoms with Gasteiger partial charge >= 0.3 is 6.09 Å². The number of rotatable bonds is 3. The summed E-state index contributed by atoms with van der Waals surface area (Å²) in [4.78, 5) is 42.3. The van der Waals surface area contributed by atoms with Crippen molar-refractivity contribution in [2.45, 2.75) is 44.9 Å². The molecule has 2 saturated heterocycles. The summed E-state index contributed by atoms with van der Waals surface area (Å²) in [5, 5.41) is 3.72. The van der Waals surface area contributed by atoms with Crippen molar-refractivity contribution in [2.24, 2.45) is 5.11 Å². The van der Waals surface area contributed by atoms with Gasteiger partial charge in [-0.05, 0) is 38.8 Å². The van der Waals surface area contributed by atoms with Crippen molar-refractivity contribution in [2.75, 3.05) is 37.6 Å². The highest BCUT2D eigenvalue weighted by Gasteiger charge is 2.43. The van der Waals surface area contributed by atoms with Crippen LogP contribution in [0.15, 0.2) is 23.6 Å². The maximum Gasteiger partial charge on any atom is 0.410 e. The van der Waals surface area contributed by atoms with Gasteiger partial charge in [-0.1, -0.05) is 5.11 Å². The van der Waals surface area contributed by atoms with Crippen molar-refractivity contribution >= 4 is 17.9 Å². The van der Waals surface area contributed by atoms with Gasteiger partial charge in [0.15, 0.2) is 0 Å². The molecule has 0 bridgehead atoms. The Hall–Kier alpha value is -3.07. The Balaban J connectivity index is 1.67. The molecule has 2 aliphatic heterocycles. The Morgan fingerprint density at radius 2 is 1.86 bits per heavy atom. The van der Waals surface area contributed by atoms with Gasteiger partial charge in [-0.25, -0.2) is 14.8 Å². The van der Waals surface area contributed by atoms with E-state index in [0.29, 0.717) is 38.5 Å². The molecule has 1 aromatic rings. The molecule has 3 heterocycles. The van der Waals surface area contributed by atoms with Crippen LogP contribution in [0.2, 0.25) is 0 Å². The van der Waals surface area contributed by atoms with E-state index >= 15 is 0 Å². The highest BCUT2D eigenvalue weighted by Crippen LogP contribution is 2.25. The maximum atomic E-state index is 13.2. The highest BCUT2D eigenvalue weighted by atomic mass is 16.6. The second-order valence-corrected chi connectivity index (χ2v) is 8.10. The van der Waals surface area contributed by atoms with Crippen molar-refractivity contribution in [3.05, 3.63) is 28.9 Å². The Morgan fingerprint density at radius 1 is 1.21 bits per heavy atom. The zero-order valence-electron chi connectivity index (χ0n) is 16.9. The number of likely N-dealkylation sites (tertiary alicyclic amines) is 1. The van der Waals surface area contributed by atoms with E-state index in [9.17, 15) is 9.59 Å². The Morgan fingerprint density at radius 3 is 2.45 bits per heavy atom. The molecule has 29 heavy (non-hydrogen) atoms. The SMILES string of the molecule is CC(C)(C)OC(=O)N1C[C@@H](N=[N+]=[N-])C[C@H]1C(=O)N1CCN(c2ncccn2)CC1. The average Bonchev–Trinajstić information content (AvgIpc) is 3.11. The van der Waals surface area contributed by atoms with Crippen molar-refractivity contribution in [1.29, 1.82) is 0 Å². The van der Waals surface area contributed by atoms with E-state index in [2.05, 4.69) is 20.0 Å². The first-order valence-corrected chi connectivity index (χ1v) is 9.63. The molecule has 156 valence electrons. The molecule has 0 unspecified atom stereocenters. The summed E-state index contributed by atoms with van der Waals surface area (Å²) in [6.45, 7) is 7.70. The molecule has 0 saturated carbocycles. The van der Waals surface area contributed by atoms with Gasteiger partial charge in [0, 0.05) is 50.0 Å². The van der Waals surface area contributed by atoms with Gasteiger partial charge in [-0.15, -0.1) is 0 Å². The maximum absolute atomic E-state index is 13.2. The molecule has 3 rings (SSSR count). The van der Waals surface area contributed by atoms with Crippen LogP contribution in [0.1, 0.15) is 27.2 Å². The number of piperazine rings is 1. The fourth-order valence-electron chi connectivity index (χ4n) is 3.52. The fraction of sp³-hybridized carbons (Fsp3) is 0.667. The third kappa shape index (κ3) is 5.05. The van der Waals surface area contributed by atoms with E-state index < -0.39 is 23.8 Å². The van der Waals surface area contributed by atoms with Crippen LogP contribution in [-0.4, -0.2) is 82.2 Å². The Kier molecular flexibility index (Phi) is 6.07. The second kappa shape index (κ2) is 8.52. The average molecular weight is 402 g/mol. The lowest BCUT2D eigenvalue weighted by Crippen LogP contribution is -2.55. The number of amides is 2. The number of anilines is 1. The van der Waals surface area contributed by atoms with Gasteiger partial charge in [0.1, 0.15) is 11.6 Å². The molecule has 11 nitrogen and oxygen atoms in total. The normalized spacial score (nSPS) is 22.2. The Bertz CT molecular complexity index is 782. The number of carbonyl (C=O) groups is 2. The monoisotopic (exact) mass is 402 g/mol.